The van der Waals surface area contributed by atoms with E-state index in [0.717, 1.165) is 13.0 Å². The van der Waals surface area contributed by atoms with Crippen molar-refractivity contribution in [3.63, 3.8) is 0 Å². The number of likely N-dealkylation sites (tertiary alicyclic amines) is 1. The molecular formula is C17H34N2O. The summed E-state index contributed by atoms with van der Waals surface area (Å²) in [4.78, 5) is 2.74. The first-order valence-corrected chi connectivity index (χ1v) is 8.40. The Hall–Kier alpha value is -0.120. The second-order valence-corrected chi connectivity index (χ2v) is 8.14. The number of rotatable bonds is 4. The zero-order valence-electron chi connectivity index (χ0n) is 14.3. The predicted octanol–water partition coefficient (Wildman–Crippen LogP) is 3.19. The van der Waals surface area contributed by atoms with E-state index in [4.69, 9.17) is 4.74 Å². The average molecular weight is 282 g/mol. The average Bonchev–Trinajstić information content (AvgIpc) is 2.55. The first-order valence-electron chi connectivity index (χ1n) is 8.40. The number of ether oxygens (including phenoxy) is 1. The van der Waals surface area contributed by atoms with Crippen LogP contribution in [-0.2, 0) is 4.74 Å². The summed E-state index contributed by atoms with van der Waals surface area (Å²) in [5, 5.41) is 3.63. The van der Waals surface area contributed by atoms with Crippen molar-refractivity contribution >= 4 is 0 Å². The Morgan fingerprint density at radius 2 is 1.90 bits per heavy atom. The molecule has 0 saturated carbocycles. The standard InChI is InChI=1S/C17H34N2O/c1-13(2)18-12-14-9-7-8-10-19(14)15-11-16(3,4)20-17(15,5)6/h13-15,18H,7-12H2,1-6H3. The van der Waals surface area contributed by atoms with Crippen molar-refractivity contribution in [2.24, 2.45) is 0 Å². The first-order chi connectivity index (χ1) is 9.21. The van der Waals surface area contributed by atoms with Crippen molar-refractivity contribution in [2.45, 2.75) is 96.6 Å². The fraction of sp³-hybridized carbons (Fsp3) is 1.00. The summed E-state index contributed by atoms with van der Waals surface area (Å²) in [6.07, 6.45) is 5.19. The van der Waals surface area contributed by atoms with E-state index in [1.54, 1.807) is 0 Å². The fourth-order valence-electron chi connectivity index (χ4n) is 4.07. The second kappa shape index (κ2) is 5.94. The van der Waals surface area contributed by atoms with E-state index in [1.807, 2.05) is 0 Å². The van der Waals surface area contributed by atoms with Crippen molar-refractivity contribution in [2.75, 3.05) is 13.1 Å². The minimum Gasteiger partial charge on any atom is -0.368 e. The summed E-state index contributed by atoms with van der Waals surface area (Å²) in [5.41, 5.74) is -0.0153. The molecule has 2 atom stereocenters. The zero-order valence-corrected chi connectivity index (χ0v) is 14.3. The quantitative estimate of drug-likeness (QED) is 0.857. The first kappa shape index (κ1) is 16.3. The third-order valence-electron chi connectivity index (χ3n) is 4.86. The number of hydrogen-bond acceptors (Lipinski definition) is 3. The largest absolute Gasteiger partial charge is 0.368 e. The lowest BCUT2D eigenvalue weighted by atomic mass is 9.89. The third-order valence-corrected chi connectivity index (χ3v) is 4.86. The van der Waals surface area contributed by atoms with Crippen LogP contribution < -0.4 is 5.32 Å². The van der Waals surface area contributed by atoms with Crippen molar-refractivity contribution in [3.8, 4) is 0 Å². The Morgan fingerprint density at radius 1 is 1.20 bits per heavy atom. The number of nitrogens with one attached hydrogen (secondary N) is 1. The van der Waals surface area contributed by atoms with E-state index in [-0.39, 0.29) is 11.2 Å². The molecule has 1 N–H and O–H groups in total. The molecule has 0 aromatic rings. The highest BCUT2D eigenvalue weighted by Crippen LogP contribution is 2.41. The number of hydrogen-bond donors (Lipinski definition) is 1. The molecule has 0 amide bonds. The summed E-state index contributed by atoms with van der Waals surface area (Å²) in [5.74, 6) is 0. The SMILES string of the molecule is CC(C)NCC1CCCCN1C1CC(C)(C)OC1(C)C. The molecule has 0 aliphatic carbocycles. The molecule has 0 aromatic heterocycles. The van der Waals surface area contributed by atoms with Gasteiger partial charge >= 0.3 is 0 Å². The Kier molecular flexibility index (Phi) is 4.83. The van der Waals surface area contributed by atoms with Crippen LogP contribution in [-0.4, -0.2) is 47.3 Å². The molecule has 2 heterocycles. The molecule has 2 unspecified atom stereocenters. The van der Waals surface area contributed by atoms with Gasteiger partial charge in [-0.15, -0.1) is 0 Å². The summed E-state index contributed by atoms with van der Waals surface area (Å²) < 4.78 is 6.31. The van der Waals surface area contributed by atoms with Gasteiger partial charge in [-0.1, -0.05) is 20.3 Å². The Bertz CT molecular complexity index is 325. The highest BCUT2D eigenvalue weighted by Gasteiger charge is 2.49. The van der Waals surface area contributed by atoms with Gasteiger partial charge in [-0.3, -0.25) is 4.90 Å². The minimum absolute atomic E-state index is 0.0155. The van der Waals surface area contributed by atoms with Crippen LogP contribution in [0.4, 0.5) is 0 Å². The molecular weight excluding hydrogens is 248 g/mol. The van der Waals surface area contributed by atoms with Gasteiger partial charge in [0.15, 0.2) is 0 Å². The molecule has 0 aromatic carbocycles. The van der Waals surface area contributed by atoms with Gasteiger partial charge in [0.1, 0.15) is 0 Å². The summed E-state index contributed by atoms with van der Waals surface area (Å²) in [7, 11) is 0. The molecule has 2 aliphatic heterocycles. The molecule has 2 rings (SSSR count). The zero-order chi connectivity index (χ0) is 15.0. The molecule has 2 aliphatic rings. The lowest BCUT2D eigenvalue weighted by Crippen LogP contribution is -2.56. The van der Waals surface area contributed by atoms with Crippen LogP contribution in [0.5, 0.6) is 0 Å². The summed E-state index contributed by atoms with van der Waals surface area (Å²) in [6, 6.07) is 1.80. The van der Waals surface area contributed by atoms with Crippen molar-refractivity contribution in [1.82, 2.24) is 10.2 Å². The molecule has 2 saturated heterocycles. The van der Waals surface area contributed by atoms with Gasteiger partial charge in [0, 0.05) is 24.7 Å². The second-order valence-electron chi connectivity index (χ2n) is 8.14. The van der Waals surface area contributed by atoms with E-state index in [9.17, 15) is 0 Å². The van der Waals surface area contributed by atoms with Gasteiger partial charge in [-0.25, -0.2) is 0 Å². The van der Waals surface area contributed by atoms with Crippen LogP contribution in [0, 0.1) is 0 Å². The highest BCUT2D eigenvalue weighted by atomic mass is 16.5. The molecule has 20 heavy (non-hydrogen) atoms. The van der Waals surface area contributed by atoms with Crippen LogP contribution in [0.3, 0.4) is 0 Å². The van der Waals surface area contributed by atoms with Gasteiger partial charge in [0.05, 0.1) is 11.2 Å². The van der Waals surface area contributed by atoms with Crippen LogP contribution >= 0.6 is 0 Å². The van der Waals surface area contributed by atoms with Gasteiger partial charge in [0.25, 0.3) is 0 Å². The van der Waals surface area contributed by atoms with E-state index in [2.05, 4.69) is 51.8 Å². The summed E-state index contributed by atoms with van der Waals surface area (Å²) in [6.45, 7) is 15.8. The maximum absolute atomic E-state index is 6.31. The fourth-order valence-corrected chi connectivity index (χ4v) is 4.07. The topological polar surface area (TPSA) is 24.5 Å². The predicted molar refractivity (Wildman–Crippen MR) is 85.1 cm³/mol. The molecule has 0 spiro atoms. The van der Waals surface area contributed by atoms with Crippen molar-refractivity contribution < 1.29 is 4.74 Å². The van der Waals surface area contributed by atoms with Crippen molar-refractivity contribution in [1.29, 1.82) is 0 Å². The lowest BCUT2D eigenvalue weighted by Gasteiger charge is -2.44. The van der Waals surface area contributed by atoms with E-state index in [0.29, 0.717) is 18.1 Å². The molecule has 0 bridgehead atoms. The highest BCUT2D eigenvalue weighted by molar-refractivity contribution is 5.02. The normalized spacial score (nSPS) is 33.8. The van der Waals surface area contributed by atoms with Gasteiger partial charge in [0.2, 0.25) is 0 Å². The molecule has 118 valence electrons. The maximum atomic E-state index is 6.31. The van der Waals surface area contributed by atoms with Gasteiger partial charge < -0.3 is 10.1 Å². The Morgan fingerprint density at radius 3 is 2.45 bits per heavy atom. The number of piperidine rings is 1. The van der Waals surface area contributed by atoms with Gasteiger partial charge in [-0.05, 0) is 53.5 Å². The molecule has 3 heteroatoms. The Balaban J connectivity index is 2.07. The summed E-state index contributed by atoms with van der Waals surface area (Å²) >= 11 is 0. The monoisotopic (exact) mass is 282 g/mol. The third kappa shape index (κ3) is 3.75. The van der Waals surface area contributed by atoms with Crippen molar-refractivity contribution in [3.05, 3.63) is 0 Å². The Labute approximate surface area is 125 Å². The van der Waals surface area contributed by atoms with E-state index < -0.39 is 0 Å². The smallest absolute Gasteiger partial charge is 0.0789 e. The van der Waals surface area contributed by atoms with Crippen LogP contribution in [0.1, 0.15) is 67.2 Å². The molecule has 3 nitrogen and oxygen atoms in total. The van der Waals surface area contributed by atoms with Crippen LogP contribution in [0.15, 0.2) is 0 Å². The van der Waals surface area contributed by atoms with Crippen LogP contribution in [0.25, 0.3) is 0 Å². The maximum Gasteiger partial charge on any atom is 0.0789 e. The van der Waals surface area contributed by atoms with Crippen LogP contribution in [0.2, 0.25) is 0 Å². The lowest BCUT2D eigenvalue weighted by molar-refractivity contribution is -0.0865. The minimum atomic E-state index is -0.0308. The number of nitrogens with zero attached hydrogens (tertiary/aromatic N) is 1. The van der Waals surface area contributed by atoms with Gasteiger partial charge in [-0.2, -0.15) is 0 Å². The molecule has 2 fully saturated rings. The molecule has 0 radical (unpaired) electrons. The van der Waals surface area contributed by atoms with E-state index >= 15 is 0 Å². The van der Waals surface area contributed by atoms with E-state index in [1.165, 1.54) is 25.8 Å².